The Balaban J connectivity index is 1.42. The van der Waals surface area contributed by atoms with Crippen molar-refractivity contribution in [2.45, 2.75) is 19.3 Å². The van der Waals surface area contributed by atoms with Gasteiger partial charge < -0.3 is 15.5 Å². The minimum Gasteiger partial charge on any atom is -0.355 e. The third-order valence-electron chi connectivity index (χ3n) is 4.67. The molecule has 0 radical (unpaired) electrons. The van der Waals surface area contributed by atoms with Crippen LogP contribution in [0.5, 0.6) is 0 Å². The summed E-state index contributed by atoms with van der Waals surface area (Å²) in [6.45, 7) is 0.842. The van der Waals surface area contributed by atoms with Crippen molar-refractivity contribution in [2.24, 2.45) is 5.92 Å². The van der Waals surface area contributed by atoms with E-state index in [2.05, 4.69) is 26.6 Å². The maximum absolute atomic E-state index is 12.6. The van der Waals surface area contributed by atoms with Gasteiger partial charge in [-0.1, -0.05) is 23.7 Å². The number of benzene rings is 2. The molecule has 29 heavy (non-hydrogen) atoms. The minimum absolute atomic E-state index is 0.140. The molecule has 1 unspecified atom stereocenters. The molecule has 1 atom stereocenters. The van der Waals surface area contributed by atoms with Crippen molar-refractivity contribution in [3.05, 3.63) is 58.0 Å². The molecule has 0 saturated carbocycles. The summed E-state index contributed by atoms with van der Waals surface area (Å²) in [5.74, 6) is -1.32. The van der Waals surface area contributed by atoms with Crippen molar-refractivity contribution in [1.82, 2.24) is 5.32 Å². The van der Waals surface area contributed by atoms with Crippen LogP contribution in [0.1, 0.15) is 19.3 Å². The number of hydrogen-bond donors (Lipinski definition) is 2. The van der Waals surface area contributed by atoms with E-state index in [1.54, 1.807) is 29.2 Å². The van der Waals surface area contributed by atoms with Crippen LogP contribution < -0.4 is 15.5 Å². The summed E-state index contributed by atoms with van der Waals surface area (Å²) in [7, 11) is 0. The number of nitrogens with zero attached hydrogens (tertiary/aromatic N) is 1. The number of halogens is 2. The first-order valence-corrected chi connectivity index (χ1v) is 10.5. The molecule has 2 aromatic carbocycles. The van der Waals surface area contributed by atoms with Crippen LogP contribution in [-0.4, -0.2) is 30.8 Å². The molecule has 1 aliphatic rings. The van der Waals surface area contributed by atoms with Crippen LogP contribution in [0.25, 0.3) is 0 Å². The molecular weight excluding hydrogens is 458 g/mol. The van der Waals surface area contributed by atoms with E-state index in [1.807, 2.05) is 24.3 Å². The van der Waals surface area contributed by atoms with Gasteiger partial charge in [-0.05, 0) is 65.2 Å². The molecule has 3 rings (SSSR count). The Morgan fingerprint density at radius 2 is 1.86 bits per heavy atom. The summed E-state index contributed by atoms with van der Waals surface area (Å²) < 4.78 is 0.820. The van der Waals surface area contributed by atoms with Gasteiger partial charge in [-0.25, -0.2) is 0 Å². The van der Waals surface area contributed by atoms with E-state index in [0.29, 0.717) is 36.6 Å². The molecule has 0 bridgehead atoms. The predicted octanol–water partition coefficient (Wildman–Crippen LogP) is 3.99. The second-order valence-corrected chi connectivity index (χ2v) is 8.02. The summed E-state index contributed by atoms with van der Waals surface area (Å²) in [6.07, 6.45) is 1.23. The zero-order valence-electron chi connectivity index (χ0n) is 15.7. The molecule has 6 nitrogen and oxygen atoms in total. The molecular formula is C21H21BrClN3O3. The summed E-state index contributed by atoms with van der Waals surface area (Å²) in [5.41, 5.74) is 1.44. The molecule has 0 aromatic heterocycles. The van der Waals surface area contributed by atoms with Crippen molar-refractivity contribution >= 4 is 56.6 Å². The standard InChI is InChI=1S/C21H21BrClN3O3/c22-17-4-1-2-5-18(17)26-13-11-16(21(26)29)20(28)24-12-3-6-19(27)25-15-9-7-14(23)8-10-15/h1-2,4-5,7-10,16H,3,6,11-13H2,(H,24,28)(H,25,27). The van der Waals surface area contributed by atoms with Crippen molar-refractivity contribution in [1.29, 1.82) is 0 Å². The van der Waals surface area contributed by atoms with Crippen molar-refractivity contribution < 1.29 is 14.4 Å². The summed E-state index contributed by atoms with van der Waals surface area (Å²) in [5, 5.41) is 6.15. The summed E-state index contributed by atoms with van der Waals surface area (Å²) >= 11 is 9.26. The van der Waals surface area contributed by atoms with Gasteiger partial charge in [0.05, 0.1) is 5.69 Å². The van der Waals surface area contributed by atoms with Gasteiger partial charge in [-0.2, -0.15) is 0 Å². The maximum atomic E-state index is 12.6. The monoisotopic (exact) mass is 477 g/mol. The van der Waals surface area contributed by atoms with E-state index in [4.69, 9.17) is 11.6 Å². The molecule has 3 amide bonds. The Morgan fingerprint density at radius 1 is 1.14 bits per heavy atom. The zero-order chi connectivity index (χ0) is 20.8. The lowest BCUT2D eigenvalue weighted by Gasteiger charge is -2.18. The smallest absolute Gasteiger partial charge is 0.239 e. The van der Waals surface area contributed by atoms with Crippen LogP contribution in [-0.2, 0) is 14.4 Å². The fourth-order valence-corrected chi connectivity index (χ4v) is 3.80. The summed E-state index contributed by atoms with van der Waals surface area (Å²) in [4.78, 5) is 38.6. The number of nitrogens with one attached hydrogen (secondary N) is 2. The SMILES string of the molecule is O=C(CCCNC(=O)C1CCN(c2ccccc2Br)C1=O)Nc1ccc(Cl)cc1. The Labute approximate surface area is 182 Å². The topological polar surface area (TPSA) is 78.5 Å². The van der Waals surface area contributed by atoms with Crippen LogP contribution >= 0.6 is 27.5 Å². The minimum atomic E-state index is -0.690. The predicted molar refractivity (Wildman–Crippen MR) is 117 cm³/mol. The molecule has 2 N–H and O–H groups in total. The van der Waals surface area contributed by atoms with E-state index < -0.39 is 5.92 Å². The largest absolute Gasteiger partial charge is 0.355 e. The quantitative estimate of drug-likeness (QED) is 0.466. The van der Waals surface area contributed by atoms with Crippen LogP contribution in [0.2, 0.25) is 5.02 Å². The lowest BCUT2D eigenvalue weighted by Crippen LogP contribution is -2.37. The Kier molecular flexibility index (Phi) is 7.28. The molecule has 152 valence electrons. The molecule has 0 spiro atoms. The van der Waals surface area contributed by atoms with Gasteiger partial charge in [0.1, 0.15) is 5.92 Å². The van der Waals surface area contributed by atoms with E-state index >= 15 is 0 Å². The molecule has 1 saturated heterocycles. The first-order chi connectivity index (χ1) is 14.0. The van der Waals surface area contributed by atoms with Crippen LogP contribution in [0, 0.1) is 5.92 Å². The Hall–Kier alpha value is -2.38. The van der Waals surface area contributed by atoms with Crippen LogP contribution in [0.15, 0.2) is 53.0 Å². The second kappa shape index (κ2) is 9.89. The summed E-state index contributed by atoms with van der Waals surface area (Å²) in [6, 6.07) is 14.3. The zero-order valence-corrected chi connectivity index (χ0v) is 18.0. The normalized spacial score (nSPS) is 16.0. The molecule has 1 aliphatic heterocycles. The first-order valence-electron chi connectivity index (χ1n) is 9.35. The highest BCUT2D eigenvalue weighted by atomic mass is 79.9. The van der Waals surface area contributed by atoms with Crippen LogP contribution in [0.3, 0.4) is 0 Å². The molecule has 0 aliphatic carbocycles. The molecule has 1 fully saturated rings. The average Bonchev–Trinajstić information content (AvgIpc) is 3.08. The number of carbonyl (C=O) groups excluding carboxylic acids is 3. The van der Waals surface area contributed by atoms with E-state index in [-0.39, 0.29) is 24.1 Å². The van der Waals surface area contributed by atoms with E-state index in [9.17, 15) is 14.4 Å². The fraction of sp³-hybridized carbons (Fsp3) is 0.286. The van der Waals surface area contributed by atoms with Crippen molar-refractivity contribution in [3.8, 4) is 0 Å². The second-order valence-electron chi connectivity index (χ2n) is 6.73. The van der Waals surface area contributed by atoms with Gasteiger partial charge in [0.15, 0.2) is 0 Å². The highest BCUT2D eigenvalue weighted by molar-refractivity contribution is 9.10. The number of carbonyl (C=O) groups is 3. The Morgan fingerprint density at radius 3 is 2.59 bits per heavy atom. The number of amides is 3. The number of hydrogen-bond acceptors (Lipinski definition) is 3. The number of para-hydroxylation sites is 1. The highest BCUT2D eigenvalue weighted by Crippen LogP contribution is 2.31. The highest BCUT2D eigenvalue weighted by Gasteiger charge is 2.37. The van der Waals surface area contributed by atoms with E-state index in [1.165, 1.54) is 0 Å². The maximum Gasteiger partial charge on any atom is 0.239 e. The molecule has 1 heterocycles. The van der Waals surface area contributed by atoms with Gasteiger partial charge >= 0.3 is 0 Å². The van der Waals surface area contributed by atoms with Crippen molar-refractivity contribution in [3.63, 3.8) is 0 Å². The fourth-order valence-electron chi connectivity index (χ4n) is 3.17. The van der Waals surface area contributed by atoms with E-state index in [0.717, 1.165) is 10.2 Å². The molecule has 8 heteroatoms. The lowest BCUT2D eigenvalue weighted by atomic mass is 10.1. The third-order valence-corrected chi connectivity index (χ3v) is 5.60. The van der Waals surface area contributed by atoms with Gasteiger partial charge in [-0.15, -0.1) is 0 Å². The molecule has 2 aromatic rings. The van der Waals surface area contributed by atoms with Gasteiger partial charge in [-0.3, -0.25) is 14.4 Å². The first kappa shape index (κ1) is 21.3. The Bertz CT molecular complexity index is 904. The van der Waals surface area contributed by atoms with Crippen LogP contribution in [0.4, 0.5) is 11.4 Å². The van der Waals surface area contributed by atoms with Gasteiger partial charge in [0.25, 0.3) is 0 Å². The lowest BCUT2D eigenvalue weighted by molar-refractivity contribution is -0.132. The third kappa shape index (κ3) is 5.58. The number of rotatable bonds is 7. The average molecular weight is 479 g/mol. The number of anilines is 2. The van der Waals surface area contributed by atoms with Gasteiger partial charge in [0.2, 0.25) is 17.7 Å². The van der Waals surface area contributed by atoms with Gasteiger partial charge in [0, 0.05) is 34.7 Å². The van der Waals surface area contributed by atoms with Crippen molar-refractivity contribution in [2.75, 3.05) is 23.3 Å².